The van der Waals surface area contributed by atoms with Crippen LogP contribution in [-0.4, -0.2) is 24.3 Å². The van der Waals surface area contributed by atoms with Gasteiger partial charge in [0, 0.05) is 6.42 Å². The molecule has 3 heteroatoms. The van der Waals surface area contributed by atoms with Crippen LogP contribution in [0.5, 0.6) is 0 Å². The monoisotopic (exact) mass is 224 g/mol. The van der Waals surface area contributed by atoms with Crippen molar-refractivity contribution in [1.82, 2.24) is 5.32 Å². The lowest BCUT2D eigenvalue weighted by Crippen LogP contribution is -2.48. The molecule has 2 unspecified atom stereocenters. The van der Waals surface area contributed by atoms with Crippen LogP contribution < -0.4 is 5.32 Å². The fourth-order valence-electron chi connectivity index (χ4n) is 2.24. The average molecular weight is 224 g/mol. The first-order valence-electron chi connectivity index (χ1n) is 6.25. The Bertz CT molecular complexity index is 270. The van der Waals surface area contributed by atoms with Gasteiger partial charge in [0.2, 0.25) is 0 Å². The second kappa shape index (κ2) is 5.16. The molecule has 0 aliphatic heterocycles. The number of ether oxygens (including phenoxy) is 1. The molecule has 1 aliphatic carbocycles. The summed E-state index contributed by atoms with van der Waals surface area (Å²) in [5, 5.41) is 12.4. The molecule has 2 atom stereocenters. The first-order valence-corrected chi connectivity index (χ1v) is 6.25. The van der Waals surface area contributed by atoms with E-state index in [9.17, 15) is 5.26 Å². The van der Waals surface area contributed by atoms with E-state index in [-0.39, 0.29) is 17.2 Å². The van der Waals surface area contributed by atoms with E-state index in [2.05, 4.69) is 32.2 Å². The third-order valence-corrected chi connectivity index (χ3v) is 3.74. The molecule has 0 spiro atoms. The number of nitriles is 1. The van der Waals surface area contributed by atoms with Gasteiger partial charge in [0.25, 0.3) is 0 Å². The number of nitrogens with zero attached hydrogens (tertiary/aromatic N) is 1. The van der Waals surface area contributed by atoms with Gasteiger partial charge >= 0.3 is 0 Å². The number of nitrogens with one attached hydrogen (secondary N) is 1. The Morgan fingerprint density at radius 3 is 2.75 bits per heavy atom. The van der Waals surface area contributed by atoms with Gasteiger partial charge in [0.05, 0.1) is 17.8 Å². The van der Waals surface area contributed by atoms with Crippen molar-refractivity contribution in [1.29, 1.82) is 5.26 Å². The predicted octanol–water partition coefficient (Wildman–Crippen LogP) is 2.62. The van der Waals surface area contributed by atoms with Gasteiger partial charge in [-0.1, -0.05) is 6.92 Å². The third-order valence-electron chi connectivity index (χ3n) is 3.74. The fourth-order valence-corrected chi connectivity index (χ4v) is 2.24. The summed E-state index contributed by atoms with van der Waals surface area (Å²) in [6.45, 7) is 6.38. The Hall–Kier alpha value is -0.590. The molecule has 0 bridgehead atoms. The van der Waals surface area contributed by atoms with Crippen LogP contribution in [0.2, 0.25) is 0 Å². The minimum atomic E-state index is -0.368. The SMILES string of the molecule is CCC(C)(C)OC1CCCC(C#N)(NC)C1. The first-order chi connectivity index (χ1) is 7.47. The van der Waals surface area contributed by atoms with Crippen LogP contribution in [-0.2, 0) is 4.74 Å². The van der Waals surface area contributed by atoms with Crippen molar-refractivity contribution in [3.05, 3.63) is 0 Å². The van der Waals surface area contributed by atoms with E-state index in [0.29, 0.717) is 0 Å². The molecule has 0 aromatic heterocycles. The molecule has 92 valence electrons. The van der Waals surface area contributed by atoms with Crippen LogP contribution in [0.3, 0.4) is 0 Å². The lowest BCUT2D eigenvalue weighted by molar-refractivity contribution is -0.0941. The maximum atomic E-state index is 9.25. The van der Waals surface area contributed by atoms with E-state index in [1.54, 1.807) is 0 Å². The first kappa shape index (κ1) is 13.5. The molecule has 1 aliphatic rings. The van der Waals surface area contributed by atoms with Crippen molar-refractivity contribution in [2.45, 2.75) is 70.1 Å². The summed E-state index contributed by atoms with van der Waals surface area (Å²) in [7, 11) is 1.87. The second-order valence-corrected chi connectivity index (χ2v) is 5.39. The maximum absolute atomic E-state index is 9.25. The molecule has 1 saturated carbocycles. The van der Waals surface area contributed by atoms with Crippen LogP contribution in [0.25, 0.3) is 0 Å². The molecule has 0 aromatic carbocycles. The number of rotatable bonds is 4. The van der Waals surface area contributed by atoms with Crippen LogP contribution in [0.4, 0.5) is 0 Å². The highest BCUT2D eigenvalue weighted by molar-refractivity contribution is 5.09. The zero-order chi connectivity index (χ0) is 12.2. The van der Waals surface area contributed by atoms with Gasteiger partial charge in [-0.2, -0.15) is 5.26 Å². The minimum Gasteiger partial charge on any atom is -0.372 e. The largest absolute Gasteiger partial charge is 0.372 e. The van der Waals surface area contributed by atoms with Gasteiger partial charge in [-0.3, -0.25) is 0 Å². The average Bonchev–Trinajstić information content (AvgIpc) is 2.28. The van der Waals surface area contributed by atoms with Crippen LogP contribution in [0, 0.1) is 11.3 Å². The number of hydrogen-bond acceptors (Lipinski definition) is 3. The minimum absolute atomic E-state index is 0.0725. The second-order valence-electron chi connectivity index (χ2n) is 5.39. The molecule has 0 aromatic rings. The molecule has 16 heavy (non-hydrogen) atoms. The van der Waals surface area contributed by atoms with E-state index in [0.717, 1.165) is 32.1 Å². The van der Waals surface area contributed by atoms with Gasteiger partial charge in [-0.15, -0.1) is 0 Å². The summed E-state index contributed by atoms with van der Waals surface area (Å²) >= 11 is 0. The van der Waals surface area contributed by atoms with E-state index in [1.165, 1.54) is 0 Å². The molecule has 0 radical (unpaired) electrons. The van der Waals surface area contributed by atoms with Gasteiger partial charge in [0.15, 0.2) is 0 Å². The summed E-state index contributed by atoms with van der Waals surface area (Å²) in [5.74, 6) is 0. The lowest BCUT2D eigenvalue weighted by Gasteiger charge is -2.39. The van der Waals surface area contributed by atoms with Crippen molar-refractivity contribution in [2.75, 3.05) is 7.05 Å². The summed E-state index contributed by atoms with van der Waals surface area (Å²) < 4.78 is 6.10. The molecule has 3 nitrogen and oxygen atoms in total. The van der Waals surface area contributed by atoms with E-state index in [1.807, 2.05) is 7.05 Å². The maximum Gasteiger partial charge on any atom is 0.109 e. The number of hydrogen-bond donors (Lipinski definition) is 1. The quantitative estimate of drug-likeness (QED) is 0.798. The Morgan fingerprint density at radius 1 is 1.56 bits per heavy atom. The molecular formula is C13H24N2O. The highest BCUT2D eigenvalue weighted by Gasteiger charge is 2.37. The van der Waals surface area contributed by atoms with Gasteiger partial charge < -0.3 is 10.1 Å². The zero-order valence-electron chi connectivity index (χ0n) is 11.0. The Morgan fingerprint density at radius 2 is 2.25 bits per heavy atom. The molecule has 0 saturated heterocycles. The van der Waals surface area contributed by atoms with Crippen LogP contribution in [0.15, 0.2) is 0 Å². The Labute approximate surface area is 99.2 Å². The Kier molecular flexibility index (Phi) is 4.35. The summed E-state index contributed by atoms with van der Waals surface area (Å²) in [6, 6.07) is 2.41. The summed E-state index contributed by atoms with van der Waals surface area (Å²) in [5.41, 5.74) is -0.441. The van der Waals surface area contributed by atoms with E-state index < -0.39 is 0 Å². The highest BCUT2D eigenvalue weighted by atomic mass is 16.5. The Balaban J connectivity index is 2.61. The van der Waals surface area contributed by atoms with Crippen molar-refractivity contribution >= 4 is 0 Å². The topological polar surface area (TPSA) is 45.0 Å². The van der Waals surface area contributed by atoms with E-state index in [4.69, 9.17) is 4.74 Å². The standard InChI is InChI=1S/C13H24N2O/c1-5-12(2,3)16-11-7-6-8-13(9-11,10-14)15-4/h11,15H,5-9H2,1-4H3. The zero-order valence-corrected chi connectivity index (χ0v) is 11.0. The van der Waals surface area contributed by atoms with Crippen molar-refractivity contribution in [3.63, 3.8) is 0 Å². The highest BCUT2D eigenvalue weighted by Crippen LogP contribution is 2.32. The van der Waals surface area contributed by atoms with Crippen molar-refractivity contribution in [3.8, 4) is 6.07 Å². The molecule has 1 fully saturated rings. The summed E-state index contributed by atoms with van der Waals surface area (Å²) in [6.07, 6.45) is 5.11. The molecule has 0 amide bonds. The van der Waals surface area contributed by atoms with Crippen molar-refractivity contribution < 1.29 is 4.74 Å². The molecule has 0 heterocycles. The van der Waals surface area contributed by atoms with Gasteiger partial charge in [-0.25, -0.2) is 0 Å². The van der Waals surface area contributed by atoms with Crippen molar-refractivity contribution in [2.24, 2.45) is 0 Å². The van der Waals surface area contributed by atoms with Gasteiger partial charge in [-0.05, 0) is 46.6 Å². The molecular weight excluding hydrogens is 200 g/mol. The fraction of sp³-hybridized carbons (Fsp3) is 0.923. The predicted molar refractivity (Wildman–Crippen MR) is 65.1 cm³/mol. The van der Waals surface area contributed by atoms with E-state index >= 15 is 0 Å². The van der Waals surface area contributed by atoms with Crippen LogP contribution >= 0.6 is 0 Å². The van der Waals surface area contributed by atoms with Crippen LogP contribution in [0.1, 0.15) is 52.9 Å². The molecule has 1 N–H and O–H groups in total. The summed E-state index contributed by atoms with van der Waals surface area (Å²) in [4.78, 5) is 0. The molecule has 1 rings (SSSR count). The third kappa shape index (κ3) is 3.20. The normalized spacial score (nSPS) is 31.1. The smallest absolute Gasteiger partial charge is 0.109 e. The van der Waals surface area contributed by atoms with Gasteiger partial charge in [0.1, 0.15) is 5.54 Å². The lowest BCUT2D eigenvalue weighted by atomic mass is 9.81.